The highest BCUT2D eigenvalue weighted by molar-refractivity contribution is 7.99. The summed E-state index contributed by atoms with van der Waals surface area (Å²) in [4.78, 5) is 20.0. The summed E-state index contributed by atoms with van der Waals surface area (Å²) in [6.07, 6.45) is 1.64. The Morgan fingerprint density at radius 3 is 2.95 bits per heavy atom. The van der Waals surface area contributed by atoms with Gasteiger partial charge in [-0.3, -0.25) is 4.79 Å². The molecule has 1 amide bonds. The molecule has 0 bridgehead atoms. The first-order chi connectivity index (χ1) is 9.54. The van der Waals surface area contributed by atoms with Gasteiger partial charge >= 0.3 is 0 Å². The molecule has 0 saturated carbocycles. The molecule has 0 spiro atoms. The van der Waals surface area contributed by atoms with Crippen LogP contribution in [0.5, 0.6) is 0 Å². The number of halogens is 2. The van der Waals surface area contributed by atoms with E-state index in [0.29, 0.717) is 10.8 Å². The Morgan fingerprint density at radius 2 is 2.25 bits per heavy atom. The lowest BCUT2D eigenvalue weighted by Gasteiger charge is -2.05. The molecule has 0 unspecified atom stereocenters. The van der Waals surface area contributed by atoms with Crippen LogP contribution in [0, 0.1) is 12.7 Å². The number of thioether (sulfide) groups is 1. The number of nitrogens with one attached hydrogen (secondary N) is 1. The highest BCUT2D eigenvalue weighted by Crippen LogP contribution is 2.20. The third-order valence-corrected chi connectivity index (χ3v) is 3.46. The fourth-order valence-electron chi connectivity index (χ4n) is 1.40. The number of carbonyl (C=O) groups excluding carboxylic acids is 1. The molecule has 2 aromatic rings. The summed E-state index contributed by atoms with van der Waals surface area (Å²) < 4.78 is 13.0. The van der Waals surface area contributed by atoms with Crippen LogP contribution in [-0.2, 0) is 4.79 Å². The van der Waals surface area contributed by atoms with Gasteiger partial charge in [0.1, 0.15) is 5.82 Å². The van der Waals surface area contributed by atoms with Crippen molar-refractivity contribution in [2.24, 2.45) is 0 Å². The average molecular weight is 312 g/mol. The van der Waals surface area contributed by atoms with Crippen LogP contribution in [0.4, 0.5) is 10.1 Å². The van der Waals surface area contributed by atoms with E-state index in [9.17, 15) is 9.18 Å². The van der Waals surface area contributed by atoms with Gasteiger partial charge in [0.2, 0.25) is 5.91 Å². The van der Waals surface area contributed by atoms with Crippen molar-refractivity contribution in [2.45, 2.75) is 12.1 Å². The summed E-state index contributed by atoms with van der Waals surface area (Å²) in [5, 5.41) is 3.14. The van der Waals surface area contributed by atoms with Gasteiger partial charge in [-0.05, 0) is 31.2 Å². The van der Waals surface area contributed by atoms with Crippen LogP contribution in [0.1, 0.15) is 5.69 Å². The number of anilines is 1. The molecule has 0 aliphatic heterocycles. The van der Waals surface area contributed by atoms with Gasteiger partial charge < -0.3 is 5.32 Å². The molecule has 0 fully saturated rings. The molecular formula is C13H11ClFN3OS. The van der Waals surface area contributed by atoms with Gasteiger partial charge in [0, 0.05) is 17.6 Å². The smallest absolute Gasteiger partial charge is 0.234 e. The topological polar surface area (TPSA) is 54.9 Å². The highest BCUT2D eigenvalue weighted by atomic mass is 35.5. The summed E-state index contributed by atoms with van der Waals surface area (Å²) in [5.74, 6) is -0.590. The molecule has 0 atom stereocenters. The molecular weight excluding hydrogens is 301 g/mol. The fraction of sp³-hybridized carbons (Fsp3) is 0.154. The zero-order valence-electron chi connectivity index (χ0n) is 10.6. The van der Waals surface area contributed by atoms with Crippen molar-refractivity contribution in [3.63, 3.8) is 0 Å². The molecule has 20 heavy (non-hydrogen) atoms. The first-order valence-corrected chi connectivity index (χ1v) is 7.08. The number of aromatic nitrogens is 2. The number of benzene rings is 1. The number of amides is 1. The predicted octanol–water partition coefficient (Wildman–Crippen LogP) is 3.31. The van der Waals surface area contributed by atoms with Crippen molar-refractivity contribution in [3.05, 3.63) is 47.0 Å². The lowest BCUT2D eigenvalue weighted by atomic mass is 10.3. The molecule has 1 aromatic carbocycles. The number of nitrogens with zero attached hydrogens (tertiary/aromatic N) is 2. The summed E-state index contributed by atoms with van der Waals surface area (Å²) in [6, 6.07) is 5.80. The molecule has 1 aromatic heterocycles. The quantitative estimate of drug-likeness (QED) is 0.695. The van der Waals surface area contributed by atoms with E-state index >= 15 is 0 Å². The van der Waals surface area contributed by atoms with E-state index in [-0.39, 0.29) is 16.7 Å². The first-order valence-electron chi connectivity index (χ1n) is 5.72. The van der Waals surface area contributed by atoms with E-state index in [0.717, 1.165) is 5.69 Å². The third kappa shape index (κ3) is 4.18. The molecule has 0 radical (unpaired) electrons. The van der Waals surface area contributed by atoms with Gasteiger partial charge in [0.05, 0.1) is 10.8 Å². The second-order valence-corrected chi connectivity index (χ2v) is 5.30. The van der Waals surface area contributed by atoms with Crippen LogP contribution in [0.15, 0.2) is 35.6 Å². The number of carbonyl (C=O) groups is 1. The van der Waals surface area contributed by atoms with Gasteiger partial charge in [-0.15, -0.1) is 0 Å². The Kier molecular flexibility index (Phi) is 4.92. The van der Waals surface area contributed by atoms with Crippen LogP contribution in [0.3, 0.4) is 0 Å². The second kappa shape index (κ2) is 6.67. The number of aryl methyl sites for hydroxylation is 1. The molecule has 0 aliphatic rings. The van der Waals surface area contributed by atoms with Crippen LogP contribution >= 0.6 is 23.4 Å². The Morgan fingerprint density at radius 1 is 1.45 bits per heavy atom. The average Bonchev–Trinajstić information content (AvgIpc) is 2.41. The Labute approximate surface area is 124 Å². The van der Waals surface area contributed by atoms with Crippen molar-refractivity contribution in [3.8, 4) is 0 Å². The zero-order chi connectivity index (χ0) is 14.5. The number of rotatable bonds is 4. The maximum absolute atomic E-state index is 13.0. The summed E-state index contributed by atoms with van der Waals surface area (Å²) >= 11 is 6.86. The summed E-state index contributed by atoms with van der Waals surface area (Å²) in [7, 11) is 0. The molecule has 7 heteroatoms. The van der Waals surface area contributed by atoms with Crippen LogP contribution < -0.4 is 5.32 Å². The fourth-order valence-corrected chi connectivity index (χ4v) is 2.25. The van der Waals surface area contributed by atoms with Crippen molar-refractivity contribution in [2.75, 3.05) is 11.1 Å². The predicted molar refractivity (Wildman–Crippen MR) is 77.5 cm³/mol. The van der Waals surface area contributed by atoms with Crippen molar-refractivity contribution >= 4 is 35.0 Å². The minimum absolute atomic E-state index is 0.0301. The van der Waals surface area contributed by atoms with E-state index in [2.05, 4.69) is 15.3 Å². The zero-order valence-corrected chi connectivity index (χ0v) is 12.1. The molecule has 0 saturated heterocycles. The van der Waals surface area contributed by atoms with E-state index in [4.69, 9.17) is 11.6 Å². The largest absolute Gasteiger partial charge is 0.325 e. The van der Waals surface area contributed by atoms with E-state index in [1.54, 1.807) is 12.3 Å². The maximum Gasteiger partial charge on any atom is 0.234 e. The summed E-state index contributed by atoms with van der Waals surface area (Å²) in [5.41, 5.74) is 1.29. The minimum atomic E-state index is -0.521. The van der Waals surface area contributed by atoms with Gasteiger partial charge in [-0.2, -0.15) is 0 Å². The van der Waals surface area contributed by atoms with Gasteiger partial charge in [-0.25, -0.2) is 14.4 Å². The Bertz CT molecular complexity index is 639. The first kappa shape index (κ1) is 14.7. The molecule has 0 aliphatic carbocycles. The van der Waals surface area contributed by atoms with E-state index in [1.165, 1.54) is 30.0 Å². The number of hydrogen-bond acceptors (Lipinski definition) is 4. The Hall–Kier alpha value is -1.66. The number of hydrogen-bond donors (Lipinski definition) is 1. The van der Waals surface area contributed by atoms with Gasteiger partial charge in [0.25, 0.3) is 0 Å². The minimum Gasteiger partial charge on any atom is -0.325 e. The molecule has 2 rings (SSSR count). The van der Waals surface area contributed by atoms with Crippen LogP contribution in [0.2, 0.25) is 5.02 Å². The van der Waals surface area contributed by atoms with Crippen molar-refractivity contribution in [1.82, 2.24) is 9.97 Å². The van der Waals surface area contributed by atoms with E-state index < -0.39 is 5.82 Å². The Balaban J connectivity index is 1.91. The molecule has 1 N–H and O–H groups in total. The highest BCUT2D eigenvalue weighted by Gasteiger charge is 2.07. The van der Waals surface area contributed by atoms with Gasteiger partial charge in [0.15, 0.2) is 5.16 Å². The lowest BCUT2D eigenvalue weighted by Crippen LogP contribution is -2.14. The molecule has 104 valence electrons. The monoisotopic (exact) mass is 311 g/mol. The second-order valence-electron chi connectivity index (χ2n) is 3.95. The normalized spacial score (nSPS) is 10.3. The summed E-state index contributed by atoms with van der Waals surface area (Å²) in [6.45, 7) is 1.85. The lowest BCUT2D eigenvalue weighted by molar-refractivity contribution is -0.113. The molecule has 4 nitrogen and oxygen atoms in total. The van der Waals surface area contributed by atoms with Crippen molar-refractivity contribution in [1.29, 1.82) is 0 Å². The van der Waals surface area contributed by atoms with Crippen molar-refractivity contribution < 1.29 is 9.18 Å². The van der Waals surface area contributed by atoms with Crippen LogP contribution in [0.25, 0.3) is 0 Å². The third-order valence-electron chi connectivity index (χ3n) is 2.31. The van der Waals surface area contributed by atoms with E-state index in [1.807, 2.05) is 6.92 Å². The van der Waals surface area contributed by atoms with Gasteiger partial charge in [-0.1, -0.05) is 23.4 Å². The maximum atomic E-state index is 13.0. The molecule has 1 heterocycles. The van der Waals surface area contributed by atoms with Crippen LogP contribution in [-0.4, -0.2) is 21.6 Å². The SMILES string of the molecule is Cc1ccnc(SCC(=O)Nc2ccc(F)c(Cl)c2)n1. The standard InChI is InChI=1S/C13H11ClFN3OS/c1-8-4-5-16-13(17-8)20-7-12(19)18-9-2-3-11(15)10(14)6-9/h2-6H,7H2,1H3,(H,18,19).